The van der Waals surface area contributed by atoms with Crippen LogP contribution < -0.4 is 5.32 Å². The van der Waals surface area contributed by atoms with E-state index in [1.165, 1.54) is 0 Å². The first-order chi connectivity index (χ1) is 11.6. The number of rotatable bonds is 5. The molecule has 3 aromatic heterocycles. The van der Waals surface area contributed by atoms with Gasteiger partial charge in [0.1, 0.15) is 10.8 Å². The maximum Gasteiger partial charge on any atom is 0.253 e. The van der Waals surface area contributed by atoms with E-state index in [-0.39, 0.29) is 5.91 Å². The van der Waals surface area contributed by atoms with Crippen LogP contribution in [0.3, 0.4) is 0 Å². The summed E-state index contributed by atoms with van der Waals surface area (Å²) in [7, 11) is 3.45. The Kier molecular flexibility index (Phi) is 4.81. The molecule has 122 valence electrons. The lowest BCUT2D eigenvalue weighted by atomic mass is 10.2. The Hall–Kier alpha value is -2.80. The van der Waals surface area contributed by atoms with Gasteiger partial charge in [0.05, 0.1) is 17.9 Å². The Morgan fingerprint density at radius 3 is 2.83 bits per heavy atom. The van der Waals surface area contributed by atoms with E-state index in [0.29, 0.717) is 17.9 Å². The van der Waals surface area contributed by atoms with E-state index in [2.05, 4.69) is 20.3 Å². The number of amides is 1. The minimum Gasteiger partial charge on any atom is -0.364 e. The third-order valence-corrected chi connectivity index (χ3v) is 4.21. The molecular formula is C17H17N5OS. The lowest BCUT2D eigenvalue weighted by Gasteiger charge is -2.11. The van der Waals surface area contributed by atoms with E-state index in [0.717, 1.165) is 16.4 Å². The number of carbonyl (C=O) groups excluding carboxylic acids is 1. The van der Waals surface area contributed by atoms with Gasteiger partial charge in [0, 0.05) is 37.4 Å². The van der Waals surface area contributed by atoms with Crippen molar-refractivity contribution in [3.8, 4) is 10.7 Å². The summed E-state index contributed by atoms with van der Waals surface area (Å²) in [6.45, 7) is 0.538. The second kappa shape index (κ2) is 7.18. The van der Waals surface area contributed by atoms with Gasteiger partial charge in [-0.1, -0.05) is 6.07 Å². The molecule has 0 fully saturated rings. The summed E-state index contributed by atoms with van der Waals surface area (Å²) in [5.41, 5.74) is 2.38. The summed E-state index contributed by atoms with van der Waals surface area (Å²) in [5.74, 6) is 0.599. The fourth-order valence-electron chi connectivity index (χ4n) is 2.09. The van der Waals surface area contributed by atoms with Crippen molar-refractivity contribution in [2.24, 2.45) is 0 Å². The predicted octanol–water partition coefficient (Wildman–Crippen LogP) is 2.91. The normalized spacial score (nSPS) is 10.4. The topological polar surface area (TPSA) is 71.0 Å². The van der Waals surface area contributed by atoms with Crippen molar-refractivity contribution in [3.05, 3.63) is 59.4 Å². The van der Waals surface area contributed by atoms with Crippen LogP contribution in [0.15, 0.2) is 48.1 Å². The van der Waals surface area contributed by atoms with Crippen molar-refractivity contribution < 1.29 is 4.79 Å². The molecule has 7 heteroatoms. The van der Waals surface area contributed by atoms with Crippen LogP contribution in [0.25, 0.3) is 10.7 Å². The molecule has 0 atom stereocenters. The summed E-state index contributed by atoms with van der Waals surface area (Å²) in [5, 5.41) is 6.08. The van der Waals surface area contributed by atoms with Crippen molar-refractivity contribution in [2.45, 2.75) is 6.54 Å². The third kappa shape index (κ3) is 3.75. The third-order valence-electron chi connectivity index (χ3n) is 3.30. The van der Waals surface area contributed by atoms with E-state index in [1.807, 2.05) is 23.6 Å². The zero-order valence-electron chi connectivity index (χ0n) is 13.4. The van der Waals surface area contributed by atoms with Crippen LogP contribution in [0, 0.1) is 0 Å². The molecule has 24 heavy (non-hydrogen) atoms. The van der Waals surface area contributed by atoms with Crippen molar-refractivity contribution in [1.82, 2.24) is 19.9 Å². The molecule has 0 saturated heterocycles. The largest absolute Gasteiger partial charge is 0.364 e. The molecule has 0 aliphatic carbocycles. The van der Waals surface area contributed by atoms with Crippen LogP contribution in [0.4, 0.5) is 5.82 Å². The second-order valence-electron chi connectivity index (χ2n) is 5.34. The number of hydrogen-bond acceptors (Lipinski definition) is 6. The Balaban J connectivity index is 1.67. The first-order valence-electron chi connectivity index (χ1n) is 7.41. The van der Waals surface area contributed by atoms with Gasteiger partial charge in [0.2, 0.25) is 0 Å². The van der Waals surface area contributed by atoms with Crippen molar-refractivity contribution in [3.63, 3.8) is 0 Å². The van der Waals surface area contributed by atoms with Gasteiger partial charge in [0.15, 0.2) is 0 Å². The average Bonchev–Trinajstić information content (AvgIpc) is 3.09. The summed E-state index contributed by atoms with van der Waals surface area (Å²) < 4.78 is 0. The van der Waals surface area contributed by atoms with Crippen LogP contribution in [0.5, 0.6) is 0 Å². The SMILES string of the molecule is CN(C)C(=O)c1ccnc(NCc2csc(-c3ccccn3)n2)c1. The van der Waals surface area contributed by atoms with Gasteiger partial charge in [-0.05, 0) is 24.3 Å². The number of nitrogens with zero attached hydrogens (tertiary/aromatic N) is 4. The van der Waals surface area contributed by atoms with Crippen LogP contribution in [-0.2, 0) is 6.54 Å². The van der Waals surface area contributed by atoms with Gasteiger partial charge < -0.3 is 10.2 Å². The number of hydrogen-bond donors (Lipinski definition) is 1. The standard InChI is InChI=1S/C17H17N5OS/c1-22(2)17(23)12-6-8-19-15(9-12)20-10-13-11-24-16(21-13)14-5-3-4-7-18-14/h3-9,11H,10H2,1-2H3,(H,19,20). The summed E-state index contributed by atoms with van der Waals surface area (Å²) in [6, 6.07) is 9.21. The quantitative estimate of drug-likeness (QED) is 0.774. The monoisotopic (exact) mass is 339 g/mol. The van der Waals surface area contributed by atoms with Gasteiger partial charge in [-0.3, -0.25) is 9.78 Å². The minimum absolute atomic E-state index is 0.0495. The molecule has 1 N–H and O–H groups in total. The molecule has 0 aliphatic rings. The smallest absolute Gasteiger partial charge is 0.253 e. The van der Waals surface area contributed by atoms with Crippen molar-refractivity contribution >= 4 is 23.1 Å². The van der Waals surface area contributed by atoms with Crippen molar-refractivity contribution in [1.29, 1.82) is 0 Å². The van der Waals surface area contributed by atoms with Crippen LogP contribution in [0.1, 0.15) is 16.1 Å². The maximum atomic E-state index is 12.0. The Labute approximate surface area is 144 Å². The summed E-state index contributed by atoms with van der Waals surface area (Å²) in [6.07, 6.45) is 3.38. The van der Waals surface area contributed by atoms with Gasteiger partial charge in [-0.2, -0.15) is 0 Å². The van der Waals surface area contributed by atoms with Gasteiger partial charge in [0.25, 0.3) is 5.91 Å². The molecule has 0 radical (unpaired) electrons. The zero-order chi connectivity index (χ0) is 16.9. The van der Waals surface area contributed by atoms with Gasteiger partial charge in [-0.15, -0.1) is 11.3 Å². The first kappa shape index (κ1) is 16.1. The molecule has 1 amide bonds. The maximum absolute atomic E-state index is 12.0. The lowest BCUT2D eigenvalue weighted by Crippen LogP contribution is -2.21. The number of aromatic nitrogens is 3. The molecule has 0 aliphatic heterocycles. The van der Waals surface area contributed by atoms with Gasteiger partial charge in [-0.25, -0.2) is 9.97 Å². The van der Waals surface area contributed by atoms with Crippen molar-refractivity contribution in [2.75, 3.05) is 19.4 Å². The number of thiazole rings is 1. The molecule has 0 aromatic carbocycles. The Bertz CT molecular complexity index is 832. The summed E-state index contributed by atoms with van der Waals surface area (Å²) in [4.78, 5) is 26.6. The van der Waals surface area contributed by atoms with E-state index >= 15 is 0 Å². The molecule has 0 bridgehead atoms. The first-order valence-corrected chi connectivity index (χ1v) is 8.29. The van der Waals surface area contributed by atoms with E-state index in [1.54, 1.807) is 54.9 Å². The lowest BCUT2D eigenvalue weighted by molar-refractivity contribution is 0.0827. The molecule has 3 aromatic rings. The minimum atomic E-state index is -0.0495. The highest BCUT2D eigenvalue weighted by atomic mass is 32.1. The van der Waals surface area contributed by atoms with Gasteiger partial charge >= 0.3 is 0 Å². The fraction of sp³-hybridized carbons (Fsp3) is 0.176. The molecule has 6 nitrogen and oxygen atoms in total. The molecule has 3 rings (SSSR count). The molecular weight excluding hydrogens is 322 g/mol. The number of pyridine rings is 2. The number of carbonyl (C=O) groups is 1. The van der Waals surface area contributed by atoms with Crippen LogP contribution >= 0.6 is 11.3 Å². The zero-order valence-corrected chi connectivity index (χ0v) is 14.2. The molecule has 3 heterocycles. The molecule has 0 saturated carbocycles. The summed E-state index contributed by atoms with van der Waals surface area (Å²) >= 11 is 1.55. The Morgan fingerprint density at radius 2 is 2.08 bits per heavy atom. The molecule has 0 unspecified atom stereocenters. The Morgan fingerprint density at radius 1 is 1.21 bits per heavy atom. The van der Waals surface area contributed by atoms with E-state index < -0.39 is 0 Å². The number of nitrogens with one attached hydrogen (secondary N) is 1. The highest BCUT2D eigenvalue weighted by molar-refractivity contribution is 7.13. The predicted molar refractivity (Wildman–Crippen MR) is 94.9 cm³/mol. The van der Waals surface area contributed by atoms with E-state index in [9.17, 15) is 4.79 Å². The average molecular weight is 339 g/mol. The second-order valence-corrected chi connectivity index (χ2v) is 6.20. The highest BCUT2D eigenvalue weighted by Gasteiger charge is 2.09. The highest BCUT2D eigenvalue weighted by Crippen LogP contribution is 2.21. The number of anilines is 1. The van der Waals surface area contributed by atoms with E-state index in [4.69, 9.17) is 0 Å². The van der Waals surface area contributed by atoms with Crippen LogP contribution in [0.2, 0.25) is 0 Å². The van der Waals surface area contributed by atoms with Crippen LogP contribution in [-0.4, -0.2) is 39.9 Å². The fourth-order valence-corrected chi connectivity index (χ4v) is 2.89. The molecule has 0 spiro atoms.